The fourth-order valence-electron chi connectivity index (χ4n) is 2.32. The van der Waals surface area contributed by atoms with Gasteiger partial charge in [0.1, 0.15) is 5.52 Å². The van der Waals surface area contributed by atoms with Crippen molar-refractivity contribution in [2.75, 3.05) is 11.9 Å². The Labute approximate surface area is 153 Å². The summed E-state index contributed by atoms with van der Waals surface area (Å²) in [4.78, 5) is 37.8. The first-order chi connectivity index (χ1) is 13.0. The van der Waals surface area contributed by atoms with Crippen LogP contribution in [0.2, 0.25) is 0 Å². The lowest BCUT2D eigenvalue weighted by Crippen LogP contribution is -2.21. The largest absolute Gasteiger partial charge is 0.456 e. The summed E-state index contributed by atoms with van der Waals surface area (Å²) in [5.74, 6) is -0.682. The van der Waals surface area contributed by atoms with Crippen LogP contribution >= 0.6 is 0 Å². The molecule has 0 aliphatic carbocycles. The summed E-state index contributed by atoms with van der Waals surface area (Å²) in [5, 5.41) is 13.1. The van der Waals surface area contributed by atoms with E-state index in [1.54, 1.807) is 6.07 Å². The Kier molecular flexibility index (Phi) is 5.41. The Hall–Kier alpha value is -3.75. The normalized spacial score (nSPS) is 10.5. The molecule has 2 aromatic carbocycles. The van der Waals surface area contributed by atoms with Crippen LogP contribution in [0.25, 0.3) is 11.1 Å². The molecule has 1 N–H and O–H groups in total. The van der Waals surface area contributed by atoms with Crippen molar-refractivity contribution in [2.24, 2.45) is 0 Å². The number of amides is 1. The number of nitrogens with zero attached hydrogens (tertiary/aromatic N) is 2. The number of benzene rings is 2. The van der Waals surface area contributed by atoms with Gasteiger partial charge in [-0.15, -0.1) is 0 Å². The van der Waals surface area contributed by atoms with Gasteiger partial charge in [-0.1, -0.05) is 12.1 Å². The lowest BCUT2D eigenvalue weighted by Gasteiger charge is -2.06. The molecule has 3 rings (SSSR count). The molecule has 0 radical (unpaired) electrons. The first-order valence-corrected chi connectivity index (χ1v) is 8.05. The number of rotatable bonds is 7. The minimum absolute atomic E-state index is 0.0254. The monoisotopic (exact) mass is 369 g/mol. The smallest absolute Gasteiger partial charge is 0.306 e. The van der Waals surface area contributed by atoms with Crippen LogP contribution in [0.15, 0.2) is 52.9 Å². The van der Waals surface area contributed by atoms with E-state index < -0.39 is 23.4 Å². The van der Waals surface area contributed by atoms with Gasteiger partial charge in [0.15, 0.2) is 18.1 Å². The van der Waals surface area contributed by atoms with Gasteiger partial charge in [-0.05, 0) is 24.3 Å². The first kappa shape index (κ1) is 18.1. The van der Waals surface area contributed by atoms with E-state index in [0.717, 1.165) is 0 Å². The fourth-order valence-corrected chi connectivity index (χ4v) is 2.32. The number of anilines is 1. The quantitative estimate of drug-likeness (QED) is 0.386. The predicted molar refractivity (Wildman–Crippen MR) is 95.0 cm³/mol. The van der Waals surface area contributed by atoms with E-state index in [0.29, 0.717) is 22.7 Å². The standard InChI is InChI=1S/C18H15N3O6/c22-16(19-12-5-7-13(8-6-12)21(24)25)11-26-18(23)10-9-17-20-14-3-1-2-4-15(14)27-17/h1-8H,9-11H2,(H,19,22). The van der Waals surface area contributed by atoms with E-state index in [1.807, 2.05) is 18.2 Å². The maximum Gasteiger partial charge on any atom is 0.306 e. The van der Waals surface area contributed by atoms with Gasteiger partial charge in [-0.2, -0.15) is 0 Å². The van der Waals surface area contributed by atoms with Gasteiger partial charge in [0, 0.05) is 24.2 Å². The van der Waals surface area contributed by atoms with E-state index >= 15 is 0 Å². The summed E-state index contributed by atoms with van der Waals surface area (Å²) in [6.07, 6.45) is 0.287. The van der Waals surface area contributed by atoms with Gasteiger partial charge in [0.25, 0.3) is 11.6 Å². The van der Waals surface area contributed by atoms with Crippen molar-refractivity contribution >= 4 is 34.4 Å². The molecule has 1 heterocycles. The van der Waals surface area contributed by atoms with Crippen LogP contribution < -0.4 is 5.32 Å². The highest BCUT2D eigenvalue weighted by atomic mass is 16.6. The molecular formula is C18H15N3O6. The van der Waals surface area contributed by atoms with Crippen LogP contribution in [0, 0.1) is 10.1 Å². The summed E-state index contributed by atoms with van der Waals surface area (Å²) < 4.78 is 10.4. The molecule has 0 spiro atoms. The molecule has 0 bridgehead atoms. The van der Waals surface area contributed by atoms with Crippen molar-refractivity contribution in [3.63, 3.8) is 0 Å². The number of aromatic nitrogens is 1. The first-order valence-electron chi connectivity index (χ1n) is 8.05. The number of oxazole rings is 1. The second-order valence-electron chi connectivity index (χ2n) is 5.59. The fraction of sp³-hybridized carbons (Fsp3) is 0.167. The average molecular weight is 369 g/mol. The van der Waals surface area contributed by atoms with Crippen LogP contribution in [-0.4, -0.2) is 28.4 Å². The number of esters is 1. The molecule has 1 aromatic heterocycles. The maximum atomic E-state index is 11.8. The van der Waals surface area contributed by atoms with E-state index in [4.69, 9.17) is 9.15 Å². The molecule has 0 saturated carbocycles. The molecule has 9 heteroatoms. The molecule has 0 aliphatic rings. The number of carbonyl (C=O) groups is 2. The Morgan fingerprint density at radius 3 is 2.59 bits per heavy atom. The van der Waals surface area contributed by atoms with E-state index in [1.165, 1.54) is 24.3 Å². The molecule has 9 nitrogen and oxygen atoms in total. The van der Waals surface area contributed by atoms with Gasteiger partial charge >= 0.3 is 5.97 Å². The van der Waals surface area contributed by atoms with Crippen LogP contribution in [0.5, 0.6) is 0 Å². The van der Waals surface area contributed by atoms with Crippen LogP contribution in [0.4, 0.5) is 11.4 Å². The second-order valence-corrected chi connectivity index (χ2v) is 5.59. The zero-order valence-electron chi connectivity index (χ0n) is 14.1. The van der Waals surface area contributed by atoms with Crippen LogP contribution in [0.1, 0.15) is 12.3 Å². The van der Waals surface area contributed by atoms with Gasteiger partial charge in [0.05, 0.1) is 11.3 Å². The molecule has 27 heavy (non-hydrogen) atoms. The number of para-hydroxylation sites is 2. The summed E-state index contributed by atoms with van der Waals surface area (Å²) >= 11 is 0. The zero-order valence-corrected chi connectivity index (χ0v) is 14.1. The minimum atomic E-state index is -0.559. The Morgan fingerprint density at radius 1 is 1.15 bits per heavy atom. The number of fused-ring (bicyclic) bond motifs is 1. The number of nitro groups is 1. The number of nitro benzene ring substituents is 1. The van der Waals surface area contributed by atoms with Crippen molar-refractivity contribution in [2.45, 2.75) is 12.8 Å². The van der Waals surface area contributed by atoms with Crippen molar-refractivity contribution in [1.29, 1.82) is 0 Å². The molecular weight excluding hydrogens is 354 g/mol. The van der Waals surface area contributed by atoms with E-state index in [-0.39, 0.29) is 18.5 Å². The predicted octanol–water partition coefficient (Wildman–Crippen LogP) is 2.85. The molecule has 0 atom stereocenters. The number of non-ortho nitro benzene ring substituents is 1. The van der Waals surface area contributed by atoms with Gasteiger partial charge in [0.2, 0.25) is 0 Å². The van der Waals surface area contributed by atoms with E-state index in [9.17, 15) is 19.7 Å². The topological polar surface area (TPSA) is 125 Å². The minimum Gasteiger partial charge on any atom is -0.456 e. The molecule has 1 amide bonds. The molecule has 0 unspecified atom stereocenters. The van der Waals surface area contributed by atoms with Crippen molar-refractivity contribution in [1.82, 2.24) is 4.98 Å². The molecule has 0 fully saturated rings. The highest BCUT2D eigenvalue weighted by Gasteiger charge is 2.12. The highest BCUT2D eigenvalue weighted by molar-refractivity contribution is 5.92. The summed E-state index contributed by atoms with van der Waals surface area (Å²) in [7, 11) is 0. The molecule has 3 aromatic rings. The Bertz CT molecular complexity index is 947. The molecule has 138 valence electrons. The number of ether oxygens (including phenoxy) is 1. The number of aryl methyl sites for hydroxylation is 1. The number of nitrogens with one attached hydrogen (secondary N) is 1. The third kappa shape index (κ3) is 4.88. The third-order valence-electron chi connectivity index (χ3n) is 3.61. The third-order valence-corrected chi connectivity index (χ3v) is 3.61. The highest BCUT2D eigenvalue weighted by Crippen LogP contribution is 2.16. The summed E-state index contributed by atoms with van der Waals surface area (Å²) in [5.41, 5.74) is 1.64. The van der Waals surface area contributed by atoms with Gasteiger partial charge in [-0.25, -0.2) is 4.98 Å². The zero-order chi connectivity index (χ0) is 19.2. The average Bonchev–Trinajstić information content (AvgIpc) is 3.08. The Morgan fingerprint density at radius 2 is 1.89 bits per heavy atom. The van der Waals surface area contributed by atoms with Crippen molar-refractivity contribution in [3.8, 4) is 0 Å². The SMILES string of the molecule is O=C(COC(=O)CCc1nc2ccccc2o1)Nc1ccc([N+](=O)[O-])cc1. The van der Waals surface area contributed by atoms with Gasteiger partial charge in [-0.3, -0.25) is 19.7 Å². The molecule has 0 saturated heterocycles. The lowest BCUT2D eigenvalue weighted by atomic mass is 10.3. The lowest BCUT2D eigenvalue weighted by molar-refractivity contribution is -0.384. The van der Waals surface area contributed by atoms with Crippen molar-refractivity contribution < 1.29 is 23.7 Å². The number of hydrogen-bond acceptors (Lipinski definition) is 7. The number of carbonyl (C=O) groups excluding carboxylic acids is 2. The van der Waals surface area contributed by atoms with Crippen molar-refractivity contribution in [3.05, 3.63) is 64.5 Å². The second kappa shape index (κ2) is 8.09. The van der Waals surface area contributed by atoms with Crippen LogP contribution in [-0.2, 0) is 20.7 Å². The number of hydrogen-bond donors (Lipinski definition) is 1. The van der Waals surface area contributed by atoms with Gasteiger partial charge < -0.3 is 14.5 Å². The maximum absolute atomic E-state index is 11.8. The Balaban J connectivity index is 1.42. The van der Waals surface area contributed by atoms with Crippen LogP contribution in [0.3, 0.4) is 0 Å². The summed E-state index contributed by atoms with van der Waals surface area (Å²) in [6, 6.07) is 12.6. The van der Waals surface area contributed by atoms with E-state index in [2.05, 4.69) is 10.3 Å². The molecule has 0 aliphatic heterocycles. The summed E-state index contributed by atoms with van der Waals surface area (Å²) in [6.45, 7) is -0.455.